The van der Waals surface area contributed by atoms with Crippen LogP contribution in [0.4, 0.5) is 0 Å². The highest BCUT2D eigenvalue weighted by Crippen LogP contribution is 2.17. The first-order valence-corrected chi connectivity index (χ1v) is 6.06. The number of hydrogen-bond donors (Lipinski definition) is 1. The number of aromatic nitrogens is 1. The van der Waals surface area contributed by atoms with Crippen LogP contribution in [0.5, 0.6) is 0 Å². The van der Waals surface area contributed by atoms with Crippen molar-refractivity contribution in [2.24, 2.45) is 0 Å². The molecule has 100 valence electrons. The molecule has 0 aliphatic heterocycles. The monoisotopic (exact) mass is 259 g/mol. The maximum Gasteiger partial charge on any atom is 0.251 e. The van der Waals surface area contributed by atoms with Crippen LogP contribution >= 0.6 is 0 Å². The van der Waals surface area contributed by atoms with Gasteiger partial charge in [-0.15, -0.1) is 0 Å². The molecule has 0 unspecified atom stereocenters. The fourth-order valence-electron chi connectivity index (χ4n) is 1.81. The Kier molecular flexibility index (Phi) is 4.30. The van der Waals surface area contributed by atoms with E-state index in [1.165, 1.54) is 0 Å². The second-order valence-electron chi connectivity index (χ2n) is 4.44. The third kappa shape index (κ3) is 3.42. The number of amides is 1. The SMILES string of the molecule is CN(C)[C@@H](CNC(=O)c1ccncc1)c1ccco1. The van der Waals surface area contributed by atoms with Gasteiger partial charge in [0.2, 0.25) is 0 Å². The molecule has 2 heterocycles. The zero-order valence-corrected chi connectivity index (χ0v) is 11.0. The number of nitrogens with one attached hydrogen (secondary N) is 1. The van der Waals surface area contributed by atoms with E-state index in [0.29, 0.717) is 12.1 Å². The molecule has 0 bridgehead atoms. The largest absolute Gasteiger partial charge is 0.468 e. The molecular weight excluding hydrogens is 242 g/mol. The number of rotatable bonds is 5. The highest BCUT2D eigenvalue weighted by atomic mass is 16.3. The van der Waals surface area contributed by atoms with Crippen molar-refractivity contribution in [3.05, 3.63) is 54.2 Å². The number of carbonyl (C=O) groups excluding carboxylic acids is 1. The Morgan fingerprint density at radius 3 is 2.68 bits per heavy atom. The van der Waals surface area contributed by atoms with E-state index in [9.17, 15) is 4.79 Å². The summed E-state index contributed by atoms with van der Waals surface area (Å²) in [5.74, 6) is 0.723. The van der Waals surface area contributed by atoms with Gasteiger partial charge in [0.15, 0.2) is 0 Å². The van der Waals surface area contributed by atoms with Crippen LogP contribution in [0.25, 0.3) is 0 Å². The summed E-state index contributed by atoms with van der Waals surface area (Å²) in [6.45, 7) is 0.488. The van der Waals surface area contributed by atoms with Crippen molar-refractivity contribution >= 4 is 5.91 Å². The lowest BCUT2D eigenvalue weighted by atomic mass is 10.2. The van der Waals surface area contributed by atoms with Crippen LogP contribution in [0.3, 0.4) is 0 Å². The topological polar surface area (TPSA) is 58.4 Å². The summed E-state index contributed by atoms with van der Waals surface area (Å²) >= 11 is 0. The lowest BCUT2D eigenvalue weighted by molar-refractivity contribution is 0.0939. The van der Waals surface area contributed by atoms with Crippen LogP contribution in [0, 0.1) is 0 Å². The van der Waals surface area contributed by atoms with Crippen molar-refractivity contribution in [3.63, 3.8) is 0 Å². The van der Waals surface area contributed by atoms with Crippen LogP contribution < -0.4 is 5.32 Å². The first kappa shape index (κ1) is 13.3. The van der Waals surface area contributed by atoms with Gasteiger partial charge in [-0.3, -0.25) is 14.7 Å². The maximum atomic E-state index is 12.0. The zero-order chi connectivity index (χ0) is 13.7. The Labute approximate surface area is 112 Å². The van der Waals surface area contributed by atoms with Crippen molar-refractivity contribution in [3.8, 4) is 0 Å². The summed E-state index contributed by atoms with van der Waals surface area (Å²) in [4.78, 5) is 17.8. The lowest BCUT2D eigenvalue weighted by Crippen LogP contribution is -2.34. The van der Waals surface area contributed by atoms with Gasteiger partial charge < -0.3 is 9.73 Å². The van der Waals surface area contributed by atoms with E-state index in [-0.39, 0.29) is 11.9 Å². The van der Waals surface area contributed by atoms with Crippen molar-refractivity contribution in [1.82, 2.24) is 15.2 Å². The van der Waals surface area contributed by atoms with Crippen LogP contribution in [0.2, 0.25) is 0 Å². The second kappa shape index (κ2) is 6.15. The minimum atomic E-state index is -0.110. The van der Waals surface area contributed by atoms with Gasteiger partial charge in [-0.2, -0.15) is 0 Å². The van der Waals surface area contributed by atoms with Crippen molar-refractivity contribution in [1.29, 1.82) is 0 Å². The number of carbonyl (C=O) groups is 1. The minimum absolute atomic E-state index is 0.0146. The van der Waals surface area contributed by atoms with Gasteiger partial charge in [-0.05, 0) is 38.4 Å². The average molecular weight is 259 g/mol. The van der Waals surface area contributed by atoms with E-state index >= 15 is 0 Å². The molecule has 2 aromatic heterocycles. The molecule has 0 aliphatic rings. The van der Waals surface area contributed by atoms with Crippen molar-refractivity contribution in [2.75, 3.05) is 20.6 Å². The van der Waals surface area contributed by atoms with Gasteiger partial charge in [0.05, 0.1) is 12.3 Å². The molecule has 0 radical (unpaired) electrons. The third-order valence-electron chi connectivity index (χ3n) is 2.89. The Hall–Kier alpha value is -2.14. The first-order chi connectivity index (χ1) is 9.18. The van der Waals surface area contributed by atoms with Crippen LogP contribution in [-0.4, -0.2) is 36.4 Å². The number of nitrogens with zero attached hydrogens (tertiary/aromatic N) is 2. The normalized spacial score (nSPS) is 12.4. The van der Waals surface area contributed by atoms with E-state index in [0.717, 1.165) is 5.76 Å². The standard InChI is InChI=1S/C14H17N3O2/c1-17(2)12(13-4-3-9-19-13)10-16-14(18)11-5-7-15-8-6-11/h3-9,12H,10H2,1-2H3,(H,16,18)/t12-/m0/s1. The van der Waals surface area contributed by atoms with Gasteiger partial charge in [-0.25, -0.2) is 0 Å². The summed E-state index contributed by atoms with van der Waals surface area (Å²) < 4.78 is 5.39. The van der Waals surface area contributed by atoms with E-state index < -0.39 is 0 Å². The molecule has 0 aromatic carbocycles. The van der Waals surface area contributed by atoms with E-state index in [2.05, 4.69) is 10.3 Å². The number of pyridine rings is 1. The molecule has 19 heavy (non-hydrogen) atoms. The predicted molar refractivity (Wildman–Crippen MR) is 71.7 cm³/mol. The Morgan fingerprint density at radius 1 is 1.37 bits per heavy atom. The molecule has 1 N–H and O–H groups in total. The van der Waals surface area contributed by atoms with E-state index in [1.807, 2.05) is 31.1 Å². The molecule has 0 saturated heterocycles. The first-order valence-electron chi connectivity index (χ1n) is 6.06. The quantitative estimate of drug-likeness (QED) is 0.888. The van der Waals surface area contributed by atoms with Gasteiger partial charge in [-0.1, -0.05) is 0 Å². The Bertz CT molecular complexity index is 509. The lowest BCUT2D eigenvalue weighted by Gasteiger charge is -2.22. The Morgan fingerprint density at radius 2 is 2.11 bits per heavy atom. The third-order valence-corrected chi connectivity index (χ3v) is 2.89. The van der Waals surface area contributed by atoms with Crippen molar-refractivity contribution in [2.45, 2.75) is 6.04 Å². The number of furan rings is 1. The molecule has 1 amide bonds. The van der Waals surface area contributed by atoms with Crippen LogP contribution in [-0.2, 0) is 0 Å². The summed E-state index contributed by atoms with van der Waals surface area (Å²) in [6.07, 6.45) is 4.84. The Balaban J connectivity index is 1.98. The summed E-state index contributed by atoms with van der Waals surface area (Å²) in [5.41, 5.74) is 0.604. The van der Waals surface area contributed by atoms with E-state index in [1.54, 1.807) is 30.8 Å². The van der Waals surface area contributed by atoms with Gasteiger partial charge in [0.25, 0.3) is 5.91 Å². The van der Waals surface area contributed by atoms with Crippen LogP contribution in [0.15, 0.2) is 47.3 Å². The molecule has 1 atom stereocenters. The summed E-state index contributed by atoms with van der Waals surface area (Å²) in [7, 11) is 3.90. The van der Waals surface area contributed by atoms with Gasteiger partial charge in [0, 0.05) is 24.5 Å². The average Bonchev–Trinajstić information content (AvgIpc) is 2.93. The summed E-state index contributed by atoms with van der Waals surface area (Å²) in [6, 6.07) is 7.14. The molecule has 2 rings (SSSR count). The highest BCUT2D eigenvalue weighted by Gasteiger charge is 2.18. The molecule has 2 aromatic rings. The molecule has 0 spiro atoms. The number of hydrogen-bond acceptors (Lipinski definition) is 4. The van der Waals surface area contributed by atoms with Gasteiger partial charge in [0.1, 0.15) is 5.76 Å². The minimum Gasteiger partial charge on any atom is -0.468 e. The molecule has 0 fully saturated rings. The van der Waals surface area contributed by atoms with Crippen molar-refractivity contribution < 1.29 is 9.21 Å². The second-order valence-corrected chi connectivity index (χ2v) is 4.44. The molecule has 0 saturated carbocycles. The summed E-state index contributed by atoms with van der Waals surface area (Å²) in [5, 5.41) is 2.90. The fraction of sp³-hybridized carbons (Fsp3) is 0.286. The molecule has 5 heteroatoms. The highest BCUT2D eigenvalue weighted by molar-refractivity contribution is 5.93. The van der Waals surface area contributed by atoms with Gasteiger partial charge >= 0.3 is 0 Å². The maximum absolute atomic E-state index is 12.0. The smallest absolute Gasteiger partial charge is 0.251 e. The molecule has 0 aliphatic carbocycles. The number of likely N-dealkylation sites (N-methyl/N-ethyl adjacent to an activating group) is 1. The zero-order valence-electron chi connectivity index (χ0n) is 11.0. The van der Waals surface area contributed by atoms with Crippen LogP contribution in [0.1, 0.15) is 22.2 Å². The van der Waals surface area contributed by atoms with E-state index in [4.69, 9.17) is 4.42 Å². The molecular formula is C14H17N3O2. The predicted octanol–water partition coefficient (Wildman–Crippen LogP) is 1.71. The molecule has 5 nitrogen and oxygen atoms in total. The fourth-order valence-corrected chi connectivity index (χ4v) is 1.81.